The molecule has 0 fully saturated rings. The number of carbonyl (C=O) groups is 1. The van der Waals surface area contributed by atoms with Gasteiger partial charge in [0.15, 0.2) is 5.78 Å². The van der Waals surface area contributed by atoms with E-state index >= 15 is 0 Å². The molecule has 1 heterocycles. The number of H-pyrrole nitrogens is 1. The lowest BCUT2D eigenvalue weighted by molar-refractivity contribution is 0.0994. The van der Waals surface area contributed by atoms with E-state index in [4.69, 9.17) is 4.74 Å². The number of hydrogen-bond donors (Lipinski definition) is 1. The summed E-state index contributed by atoms with van der Waals surface area (Å²) < 4.78 is 6.05. The Bertz CT molecular complexity index is 790. The molecule has 3 aromatic rings. The van der Waals surface area contributed by atoms with Gasteiger partial charge in [-0.2, -0.15) is 0 Å². The van der Waals surface area contributed by atoms with Crippen LogP contribution < -0.4 is 4.74 Å². The highest BCUT2D eigenvalue weighted by atomic mass is 79.9. The lowest BCUT2D eigenvalue weighted by Gasteiger charge is -2.03. The minimum Gasteiger partial charge on any atom is -0.497 e. The standard InChI is InChI=1S/C17H14BrNO2/c1-21-12-7-5-11(6-8-12)9-16(20)13-10-19-15-4-2-3-14(18)17(13)15/h2-8,10,19H,9H2,1H3. The van der Waals surface area contributed by atoms with Crippen LogP contribution in [0.4, 0.5) is 0 Å². The predicted molar refractivity (Wildman–Crippen MR) is 87.0 cm³/mol. The monoisotopic (exact) mass is 343 g/mol. The van der Waals surface area contributed by atoms with E-state index in [0.29, 0.717) is 12.0 Å². The van der Waals surface area contributed by atoms with Crippen molar-refractivity contribution in [1.82, 2.24) is 4.98 Å². The molecule has 21 heavy (non-hydrogen) atoms. The Morgan fingerprint density at radius 3 is 2.67 bits per heavy atom. The summed E-state index contributed by atoms with van der Waals surface area (Å²) in [7, 11) is 1.63. The summed E-state index contributed by atoms with van der Waals surface area (Å²) in [5.74, 6) is 0.888. The molecular formula is C17H14BrNO2. The largest absolute Gasteiger partial charge is 0.497 e. The molecule has 106 valence electrons. The molecule has 3 nitrogen and oxygen atoms in total. The van der Waals surface area contributed by atoms with Crippen molar-refractivity contribution in [3.63, 3.8) is 0 Å². The number of benzene rings is 2. The van der Waals surface area contributed by atoms with Gasteiger partial charge in [0.05, 0.1) is 7.11 Å². The van der Waals surface area contributed by atoms with E-state index < -0.39 is 0 Å². The molecule has 0 unspecified atom stereocenters. The van der Waals surface area contributed by atoms with Crippen LogP contribution in [0.1, 0.15) is 15.9 Å². The van der Waals surface area contributed by atoms with E-state index in [9.17, 15) is 4.79 Å². The van der Waals surface area contributed by atoms with Gasteiger partial charge in [0.1, 0.15) is 5.75 Å². The highest BCUT2D eigenvalue weighted by molar-refractivity contribution is 9.10. The Hall–Kier alpha value is -2.07. The quantitative estimate of drug-likeness (QED) is 0.715. The average molecular weight is 344 g/mol. The molecule has 1 N–H and O–H groups in total. The topological polar surface area (TPSA) is 42.1 Å². The summed E-state index contributed by atoms with van der Waals surface area (Å²) in [4.78, 5) is 15.7. The number of aromatic amines is 1. The van der Waals surface area contributed by atoms with Crippen molar-refractivity contribution >= 4 is 32.6 Å². The van der Waals surface area contributed by atoms with Crippen molar-refractivity contribution in [3.8, 4) is 5.75 Å². The average Bonchev–Trinajstić information content (AvgIpc) is 2.93. The van der Waals surface area contributed by atoms with Gasteiger partial charge in [0, 0.05) is 33.6 Å². The Balaban J connectivity index is 1.90. The number of fused-ring (bicyclic) bond motifs is 1. The molecule has 3 rings (SSSR count). The summed E-state index contributed by atoms with van der Waals surface area (Å²) in [5, 5.41) is 0.941. The Morgan fingerprint density at radius 2 is 1.95 bits per heavy atom. The van der Waals surface area contributed by atoms with E-state index in [2.05, 4.69) is 20.9 Å². The third-order valence-electron chi connectivity index (χ3n) is 3.48. The lowest BCUT2D eigenvalue weighted by atomic mass is 10.0. The number of Topliss-reactive ketones (excluding diaryl/α,β-unsaturated/α-hetero) is 1. The van der Waals surface area contributed by atoms with E-state index in [1.54, 1.807) is 13.3 Å². The minimum atomic E-state index is 0.0957. The van der Waals surface area contributed by atoms with Crippen molar-refractivity contribution in [2.24, 2.45) is 0 Å². The second kappa shape index (κ2) is 5.74. The number of aromatic nitrogens is 1. The second-order valence-corrected chi connectivity index (χ2v) is 5.67. The normalized spacial score (nSPS) is 10.8. The first-order valence-electron chi connectivity index (χ1n) is 6.61. The summed E-state index contributed by atoms with van der Waals surface area (Å²) >= 11 is 3.51. The first-order chi connectivity index (χ1) is 10.2. The van der Waals surface area contributed by atoms with Crippen LogP contribution in [-0.4, -0.2) is 17.9 Å². The molecule has 0 aliphatic carbocycles. The van der Waals surface area contributed by atoms with Crippen molar-refractivity contribution in [1.29, 1.82) is 0 Å². The molecule has 0 saturated carbocycles. The van der Waals surface area contributed by atoms with Gasteiger partial charge >= 0.3 is 0 Å². The van der Waals surface area contributed by atoms with Gasteiger partial charge in [-0.15, -0.1) is 0 Å². The van der Waals surface area contributed by atoms with E-state index in [1.165, 1.54) is 0 Å². The molecule has 2 aromatic carbocycles. The molecule has 0 saturated heterocycles. The molecule has 0 aliphatic rings. The van der Waals surface area contributed by atoms with Crippen LogP contribution >= 0.6 is 15.9 Å². The van der Waals surface area contributed by atoms with Gasteiger partial charge in [0.25, 0.3) is 0 Å². The van der Waals surface area contributed by atoms with Gasteiger partial charge in [-0.05, 0) is 29.8 Å². The molecule has 0 amide bonds. The fourth-order valence-electron chi connectivity index (χ4n) is 2.38. The third-order valence-corrected chi connectivity index (χ3v) is 4.14. The third kappa shape index (κ3) is 2.72. The lowest BCUT2D eigenvalue weighted by Crippen LogP contribution is -2.03. The van der Waals surface area contributed by atoms with Crippen molar-refractivity contribution < 1.29 is 9.53 Å². The van der Waals surface area contributed by atoms with Gasteiger partial charge in [-0.25, -0.2) is 0 Å². The zero-order chi connectivity index (χ0) is 14.8. The van der Waals surface area contributed by atoms with Crippen LogP contribution in [0.25, 0.3) is 10.9 Å². The Kier molecular flexibility index (Phi) is 3.80. The molecular weight excluding hydrogens is 330 g/mol. The van der Waals surface area contributed by atoms with E-state index in [0.717, 1.165) is 26.7 Å². The number of nitrogens with one attached hydrogen (secondary N) is 1. The Labute approximate surface area is 131 Å². The SMILES string of the molecule is COc1ccc(CC(=O)c2c[nH]c3cccc(Br)c23)cc1. The van der Waals surface area contributed by atoms with Gasteiger partial charge < -0.3 is 9.72 Å². The molecule has 4 heteroatoms. The molecule has 0 radical (unpaired) electrons. The number of halogens is 1. The summed E-state index contributed by atoms with van der Waals surface area (Å²) in [6.45, 7) is 0. The van der Waals surface area contributed by atoms with Crippen LogP contribution in [0.3, 0.4) is 0 Å². The van der Waals surface area contributed by atoms with Crippen LogP contribution in [-0.2, 0) is 6.42 Å². The number of ketones is 1. The number of rotatable bonds is 4. The highest BCUT2D eigenvalue weighted by Gasteiger charge is 2.14. The summed E-state index contributed by atoms with van der Waals surface area (Å²) in [5.41, 5.74) is 2.65. The molecule has 0 spiro atoms. The van der Waals surface area contributed by atoms with Gasteiger partial charge in [0.2, 0.25) is 0 Å². The molecule has 0 atom stereocenters. The first kappa shape index (κ1) is 13.9. The second-order valence-electron chi connectivity index (χ2n) is 4.81. The zero-order valence-corrected chi connectivity index (χ0v) is 13.1. The summed E-state index contributed by atoms with van der Waals surface area (Å²) in [6, 6.07) is 13.4. The maximum atomic E-state index is 12.5. The number of hydrogen-bond acceptors (Lipinski definition) is 2. The van der Waals surface area contributed by atoms with E-state index in [-0.39, 0.29) is 5.78 Å². The predicted octanol–water partition coefficient (Wildman–Crippen LogP) is 4.36. The van der Waals surface area contributed by atoms with Crippen molar-refractivity contribution in [2.75, 3.05) is 7.11 Å². The molecule has 1 aromatic heterocycles. The van der Waals surface area contributed by atoms with Crippen LogP contribution in [0, 0.1) is 0 Å². The van der Waals surface area contributed by atoms with Gasteiger partial charge in [-0.3, -0.25) is 4.79 Å². The van der Waals surface area contributed by atoms with Crippen molar-refractivity contribution in [3.05, 3.63) is 64.3 Å². The van der Waals surface area contributed by atoms with Gasteiger partial charge in [-0.1, -0.05) is 34.1 Å². The highest BCUT2D eigenvalue weighted by Crippen LogP contribution is 2.28. The zero-order valence-electron chi connectivity index (χ0n) is 11.5. The van der Waals surface area contributed by atoms with Crippen molar-refractivity contribution in [2.45, 2.75) is 6.42 Å². The minimum absolute atomic E-state index is 0.0957. The fraction of sp³-hybridized carbons (Fsp3) is 0.118. The maximum absolute atomic E-state index is 12.5. The maximum Gasteiger partial charge on any atom is 0.169 e. The smallest absolute Gasteiger partial charge is 0.169 e. The number of carbonyl (C=O) groups excluding carboxylic acids is 1. The molecule has 0 bridgehead atoms. The number of ether oxygens (including phenoxy) is 1. The first-order valence-corrected chi connectivity index (χ1v) is 7.40. The van der Waals surface area contributed by atoms with Crippen LogP contribution in [0.15, 0.2) is 53.1 Å². The van der Waals surface area contributed by atoms with E-state index in [1.807, 2.05) is 42.5 Å². The van der Waals surface area contributed by atoms with Crippen LogP contribution in [0.5, 0.6) is 5.75 Å². The Morgan fingerprint density at radius 1 is 1.19 bits per heavy atom. The number of methoxy groups -OCH3 is 1. The summed E-state index contributed by atoms with van der Waals surface area (Å²) in [6.07, 6.45) is 2.15. The molecule has 0 aliphatic heterocycles. The fourth-order valence-corrected chi connectivity index (χ4v) is 2.96. The van der Waals surface area contributed by atoms with Crippen LogP contribution in [0.2, 0.25) is 0 Å².